The second-order valence-corrected chi connectivity index (χ2v) is 6.10. The van der Waals surface area contributed by atoms with Crippen LogP contribution in [0.15, 0.2) is 0 Å². The van der Waals surface area contributed by atoms with E-state index in [4.69, 9.17) is 0 Å². The van der Waals surface area contributed by atoms with Crippen LogP contribution in [0.4, 0.5) is 0 Å². The highest BCUT2D eigenvalue weighted by atomic mass is 15.3. The Morgan fingerprint density at radius 2 is 1.71 bits per heavy atom. The minimum Gasteiger partial charge on any atom is -0.313 e. The second kappa shape index (κ2) is 6.17. The smallest absolute Gasteiger partial charge is 0.0113 e. The number of hydrogen-bond acceptors (Lipinski definition) is 3. The summed E-state index contributed by atoms with van der Waals surface area (Å²) in [6.07, 6.45) is 2.90. The van der Waals surface area contributed by atoms with E-state index in [0.717, 1.165) is 18.5 Å². The highest BCUT2D eigenvalue weighted by Crippen LogP contribution is 2.27. The van der Waals surface area contributed by atoms with Crippen molar-refractivity contribution in [2.75, 3.05) is 39.3 Å². The SMILES string of the molecule is CC(C)C(C)NCCN1CCN(C2CC2)CC1. The van der Waals surface area contributed by atoms with E-state index in [2.05, 4.69) is 35.9 Å². The molecule has 0 radical (unpaired) electrons. The lowest BCUT2D eigenvalue weighted by Gasteiger charge is -2.35. The molecule has 1 unspecified atom stereocenters. The van der Waals surface area contributed by atoms with Gasteiger partial charge < -0.3 is 5.32 Å². The van der Waals surface area contributed by atoms with Crippen molar-refractivity contribution in [2.45, 2.75) is 45.7 Å². The number of piperazine rings is 1. The maximum absolute atomic E-state index is 3.62. The highest BCUT2D eigenvalue weighted by Gasteiger charge is 2.30. The molecule has 0 spiro atoms. The molecule has 1 atom stereocenters. The summed E-state index contributed by atoms with van der Waals surface area (Å²) >= 11 is 0. The van der Waals surface area contributed by atoms with Crippen LogP contribution in [0.3, 0.4) is 0 Å². The van der Waals surface area contributed by atoms with Gasteiger partial charge in [-0.25, -0.2) is 0 Å². The fourth-order valence-electron chi connectivity index (χ4n) is 2.48. The topological polar surface area (TPSA) is 18.5 Å². The molecule has 0 bridgehead atoms. The monoisotopic (exact) mass is 239 g/mol. The van der Waals surface area contributed by atoms with E-state index in [0.29, 0.717) is 6.04 Å². The Labute approximate surface area is 107 Å². The molecule has 1 heterocycles. The first kappa shape index (κ1) is 13.3. The zero-order chi connectivity index (χ0) is 12.3. The van der Waals surface area contributed by atoms with Crippen LogP contribution in [0, 0.1) is 5.92 Å². The molecule has 1 saturated carbocycles. The van der Waals surface area contributed by atoms with Crippen molar-refractivity contribution in [3.63, 3.8) is 0 Å². The maximum atomic E-state index is 3.62. The summed E-state index contributed by atoms with van der Waals surface area (Å²) in [7, 11) is 0. The largest absolute Gasteiger partial charge is 0.313 e. The average molecular weight is 239 g/mol. The lowest BCUT2D eigenvalue weighted by molar-refractivity contribution is 0.126. The Bertz CT molecular complexity index is 218. The predicted octanol–water partition coefficient (Wildman–Crippen LogP) is 1.40. The predicted molar refractivity (Wildman–Crippen MR) is 73.3 cm³/mol. The summed E-state index contributed by atoms with van der Waals surface area (Å²) in [4.78, 5) is 5.29. The fourth-order valence-corrected chi connectivity index (χ4v) is 2.48. The molecule has 0 aromatic heterocycles. The molecule has 2 rings (SSSR count). The highest BCUT2D eigenvalue weighted by molar-refractivity contribution is 4.87. The van der Waals surface area contributed by atoms with Crippen molar-refractivity contribution in [1.82, 2.24) is 15.1 Å². The third kappa shape index (κ3) is 4.23. The summed E-state index contributed by atoms with van der Waals surface area (Å²) in [5, 5.41) is 3.62. The number of hydrogen-bond donors (Lipinski definition) is 1. The van der Waals surface area contributed by atoms with E-state index >= 15 is 0 Å². The van der Waals surface area contributed by atoms with Crippen LogP contribution in [0.5, 0.6) is 0 Å². The van der Waals surface area contributed by atoms with Gasteiger partial charge >= 0.3 is 0 Å². The fraction of sp³-hybridized carbons (Fsp3) is 1.00. The van der Waals surface area contributed by atoms with Crippen LogP contribution < -0.4 is 5.32 Å². The lowest BCUT2D eigenvalue weighted by atomic mass is 10.1. The molecule has 3 heteroatoms. The van der Waals surface area contributed by atoms with Gasteiger partial charge in [-0.15, -0.1) is 0 Å². The summed E-state index contributed by atoms with van der Waals surface area (Å²) in [6.45, 7) is 14.4. The molecule has 2 fully saturated rings. The van der Waals surface area contributed by atoms with Crippen LogP contribution in [0.2, 0.25) is 0 Å². The Morgan fingerprint density at radius 1 is 1.06 bits per heavy atom. The molecule has 2 aliphatic rings. The van der Waals surface area contributed by atoms with Gasteiger partial charge in [0, 0.05) is 51.4 Å². The summed E-state index contributed by atoms with van der Waals surface area (Å²) in [5.41, 5.74) is 0. The van der Waals surface area contributed by atoms with Crippen molar-refractivity contribution in [2.24, 2.45) is 5.92 Å². The summed E-state index contributed by atoms with van der Waals surface area (Å²) in [5.74, 6) is 0.738. The quantitative estimate of drug-likeness (QED) is 0.756. The number of rotatable bonds is 6. The normalized spacial score (nSPS) is 25.4. The van der Waals surface area contributed by atoms with Gasteiger partial charge in [-0.3, -0.25) is 9.80 Å². The van der Waals surface area contributed by atoms with Crippen LogP contribution >= 0.6 is 0 Å². The molecule has 0 aromatic carbocycles. The van der Waals surface area contributed by atoms with Crippen molar-refractivity contribution >= 4 is 0 Å². The van der Waals surface area contributed by atoms with Gasteiger partial charge in [-0.2, -0.15) is 0 Å². The van der Waals surface area contributed by atoms with Crippen molar-refractivity contribution < 1.29 is 0 Å². The molecule has 1 N–H and O–H groups in total. The minimum absolute atomic E-state index is 0.641. The molecule has 1 saturated heterocycles. The first-order valence-corrected chi connectivity index (χ1v) is 7.36. The molecular formula is C14H29N3. The van der Waals surface area contributed by atoms with Crippen LogP contribution in [0.1, 0.15) is 33.6 Å². The van der Waals surface area contributed by atoms with Crippen LogP contribution in [-0.4, -0.2) is 61.2 Å². The van der Waals surface area contributed by atoms with Gasteiger partial charge in [0.25, 0.3) is 0 Å². The Balaban J connectivity index is 1.55. The Hall–Kier alpha value is -0.120. The van der Waals surface area contributed by atoms with Crippen LogP contribution in [-0.2, 0) is 0 Å². The molecule has 3 nitrogen and oxygen atoms in total. The van der Waals surface area contributed by atoms with Crippen molar-refractivity contribution in [3.05, 3.63) is 0 Å². The summed E-state index contributed by atoms with van der Waals surface area (Å²) in [6, 6.07) is 1.60. The Kier molecular flexibility index (Phi) is 4.83. The molecule has 1 aliphatic carbocycles. The van der Waals surface area contributed by atoms with Crippen molar-refractivity contribution in [3.8, 4) is 0 Å². The van der Waals surface area contributed by atoms with Gasteiger partial charge in [0.2, 0.25) is 0 Å². The van der Waals surface area contributed by atoms with E-state index < -0.39 is 0 Å². The van der Waals surface area contributed by atoms with Crippen molar-refractivity contribution in [1.29, 1.82) is 0 Å². The second-order valence-electron chi connectivity index (χ2n) is 6.10. The lowest BCUT2D eigenvalue weighted by Crippen LogP contribution is -2.49. The average Bonchev–Trinajstić information content (AvgIpc) is 3.13. The summed E-state index contributed by atoms with van der Waals surface area (Å²) < 4.78 is 0. The molecule has 1 aliphatic heterocycles. The van der Waals surface area contributed by atoms with Gasteiger partial charge in [-0.1, -0.05) is 13.8 Å². The van der Waals surface area contributed by atoms with Crippen LogP contribution in [0.25, 0.3) is 0 Å². The first-order valence-electron chi connectivity index (χ1n) is 7.36. The molecule has 0 aromatic rings. The van der Waals surface area contributed by atoms with E-state index in [-0.39, 0.29) is 0 Å². The number of nitrogens with zero attached hydrogens (tertiary/aromatic N) is 2. The van der Waals surface area contributed by atoms with Gasteiger partial charge in [0.15, 0.2) is 0 Å². The van der Waals surface area contributed by atoms with E-state index in [9.17, 15) is 0 Å². The van der Waals surface area contributed by atoms with Gasteiger partial charge in [-0.05, 0) is 25.7 Å². The van der Waals surface area contributed by atoms with Gasteiger partial charge in [0.1, 0.15) is 0 Å². The minimum atomic E-state index is 0.641. The molecule has 0 amide bonds. The van der Waals surface area contributed by atoms with Gasteiger partial charge in [0.05, 0.1) is 0 Å². The zero-order valence-electron chi connectivity index (χ0n) is 11.8. The Morgan fingerprint density at radius 3 is 2.24 bits per heavy atom. The maximum Gasteiger partial charge on any atom is 0.0113 e. The zero-order valence-corrected chi connectivity index (χ0v) is 11.8. The first-order chi connectivity index (χ1) is 8.16. The molecular weight excluding hydrogens is 210 g/mol. The molecule has 100 valence electrons. The third-order valence-corrected chi connectivity index (χ3v) is 4.36. The standard InChI is InChI=1S/C14H29N3/c1-12(2)13(3)15-6-7-16-8-10-17(11-9-16)14-4-5-14/h12-15H,4-11H2,1-3H3. The van der Waals surface area contributed by atoms with E-state index in [1.54, 1.807) is 0 Å². The van der Waals surface area contributed by atoms with E-state index in [1.807, 2.05) is 0 Å². The molecule has 17 heavy (non-hydrogen) atoms. The third-order valence-electron chi connectivity index (χ3n) is 4.36. The van der Waals surface area contributed by atoms with E-state index in [1.165, 1.54) is 45.6 Å². The number of nitrogens with one attached hydrogen (secondary N) is 1.